The highest BCUT2D eigenvalue weighted by Gasteiger charge is 2.32. The first-order valence-corrected chi connectivity index (χ1v) is 5.69. The lowest BCUT2D eigenvalue weighted by Crippen LogP contribution is -2.49. The summed E-state index contributed by atoms with van der Waals surface area (Å²) < 4.78 is 36.7. The molecule has 0 bridgehead atoms. The molecule has 1 aliphatic heterocycles. The van der Waals surface area contributed by atoms with Crippen LogP contribution >= 0.6 is 0 Å². The third-order valence-corrected chi connectivity index (χ3v) is 2.89. The van der Waals surface area contributed by atoms with Crippen LogP contribution in [0.1, 0.15) is 0 Å². The summed E-state index contributed by atoms with van der Waals surface area (Å²) >= 11 is 0. The Labute approximate surface area is 103 Å². The minimum absolute atomic E-state index is 0.397. The maximum atomic E-state index is 12.2. The van der Waals surface area contributed by atoms with Crippen LogP contribution in [0.2, 0.25) is 0 Å². The molecule has 4 nitrogen and oxygen atoms in total. The van der Waals surface area contributed by atoms with Gasteiger partial charge in [0.05, 0.1) is 24.1 Å². The van der Waals surface area contributed by atoms with Gasteiger partial charge in [0.2, 0.25) is 0 Å². The summed E-state index contributed by atoms with van der Waals surface area (Å²) in [4.78, 5) is 7.39. The number of nitrogens with zero attached hydrogens (tertiary/aromatic N) is 3. The fraction of sp³-hybridized carbons (Fsp3) is 0.545. The van der Waals surface area contributed by atoms with E-state index >= 15 is 0 Å². The Morgan fingerprint density at radius 2 is 1.83 bits per heavy atom. The van der Waals surface area contributed by atoms with E-state index in [0.717, 1.165) is 5.69 Å². The molecule has 0 radical (unpaired) electrons. The molecule has 100 valence electrons. The van der Waals surface area contributed by atoms with Gasteiger partial charge in [-0.15, -0.1) is 0 Å². The zero-order valence-corrected chi connectivity index (χ0v) is 9.82. The van der Waals surface area contributed by atoms with Crippen molar-refractivity contribution in [3.05, 3.63) is 18.5 Å². The van der Waals surface area contributed by atoms with Crippen LogP contribution in [0.4, 0.5) is 24.5 Å². The smallest absolute Gasteiger partial charge is 0.397 e. The molecule has 18 heavy (non-hydrogen) atoms. The first-order chi connectivity index (χ1) is 8.44. The van der Waals surface area contributed by atoms with E-state index in [0.29, 0.717) is 31.9 Å². The van der Waals surface area contributed by atoms with Crippen molar-refractivity contribution in [2.75, 3.05) is 43.4 Å². The standard InChI is InChI=1S/C11H15F3N4/c12-11(13,14)8-17-1-3-18(4-2-17)10-5-9(15)6-16-7-10/h5-7H,1-4,8,15H2. The van der Waals surface area contributed by atoms with Gasteiger partial charge in [-0.05, 0) is 6.07 Å². The van der Waals surface area contributed by atoms with Gasteiger partial charge in [0.1, 0.15) is 0 Å². The molecule has 1 fully saturated rings. The number of halogens is 3. The molecular formula is C11H15F3N4. The molecule has 0 atom stereocenters. The first kappa shape index (κ1) is 12.9. The topological polar surface area (TPSA) is 45.4 Å². The Kier molecular flexibility index (Phi) is 3.60. The summed E-state index contributed by atoms with van der Waals surface area (Å²) in [6, 6.07) is 1.78. The summed E-state index contributed by atoms with van der Waals surface area (Å²) in [6.45, 7) is 1.07. The lowest BCUT2D eigenvalue weighted by molar-refractivity contribution is -0.146. The largest absolute Gasteiger partial charge is 0.401 e. The van der Waals surface area contributed by atoms with Crippen LogP contribution in [0.3, 0.4) is 0 Å². The lowest BCUT2D eigenvalue weighted by Gasteiger charge is -2.36. The third kappa shape index (κ3) is 3.49. The predicted octanol–water partition coefficient (Wildman–Crippen LogP) is 1.35. The molecule has 1 saturated heterocycles. The Hall–Kier alpha value is -1.50. The van der Waals surface area contributed by atoms with Crippen molar-refractivity contribution in [1.29, 1.82) is 0 Å². The van der Waals surface area contributed by atoms with Crippen molar-refractivity contribution in [2.24, 2.45) is 0 Å². The minimum atomic E-state index is -4.12. The fourth-order valence-electron chi connectivity index (χ4n) is 2.04. The van der Waals surface area contributed by atoms with Gasteiger partial charge in [0.25, 0.3) is 0 Å². The van der Waals surface area contributed by atoms with Crippen LogP contribution in [0.15, 0.2) is 18.5 Å². The summed E-state index contributed by atoms with van der Waals surface area (Å²) in [5.41, 5.74) is 7.05. The number of alkyl halides is 3. The van der Waals surface area contributed by atoms with Gasteiger partial charge in [-0.3, -0.25) is 9.88 Å². The maximum Gasteiger partial charge on any atom is 0.401 e. The molecule has 1 aliphatic rings. The number of nitrogens with two attached hydrogens (primary N) is 1. The van der Waals surface area contributed by atoms with Crippen molar-refractivity contribution >= 4 is 11.4 Å². The van der Waals surface area contributed by atoms with Gasteiger partial charge in [-0.2, -0.15) is 13.2 Å². The van der Waals surface area contributed by atoms with Crippen LogP contribution in [0.25, 0.3) is 0 Å². The lowest BCUT2D eigenvalue weighted by atomic mass is 10.2. The van der Waals surface area contributed by atoms with Gasteiger partial charge in [0, 0.05) is 32.4 Å². The monoisotopic (exact) mass is 260 g/mol. The van der Waals surface area contributed by atoms with Crippen LogP contribution in [0.5, 0.6) is 0 Å². The van der Waals surface area contributed by atoms with Crippen molar-refractivity contribution in [2.45, 2.75) is 6.18 Å². The fourth-order valence-corrected chi connectivity index (χ4v) is 2.04. The third-order valence-electron chi connectivity index (χ3n) is 2.89. The van der Waals surface area contributed by atoms with Crippen molar-refractivity contribution in [3.63, 3.8) is 0 Å². The molecule has 0 saturated carbocycles. The SMILES string of the molecule is Nc1cncc(N2CCN(CC(F)(F)F)CC2)c1. The van der Waals surface area contributed by atoms with E-state index < -0.39 is 12.7 Å². The average molecular weight is 260 g/mol. The molecule has 2 heterocycles. The number of hydrogen-bond donors (Lipinski definition) is 1. The Morgan fingerprint density at radius 3 is 2.39 bits per heavy atom. The molecule has 0 spiro atoms. The van der Waals surface area contributed by atoms with E-state index in [-0.39, 0.29) is 0 Å². The van der Waals surface area contributed by atoms with Gasteiger partial charge in [-0.25, -0.2) is 0 Å². The highest BCUT2D eigenvalue weighted by Crippen LogP contribution is 2.20. The highest BCUT2D eigenvalue weighted by molar-refractivity contribution is 5.53. The zero-order chi connectivity index (χ0) is 13.2. The molecule has 2 N–H and O–H groups in total. The molecule has 0 aliphatic carbocycles. The summed E-state index contributed by atoms with van der Waals surface area (Å²) in [7, 11) is 0. The first-order valence-electron chi connectivity index (χ1n) is 5.69. The number of pyridine rings is 1. The number of nitrogen functional groups attached to an aromatic ring is 1. The van der Waals surface area contributed by atoms with E-state index in [1.807, 2.05) is 4.90 Å². The summed E-state index contributed by atoms with van der Waals surface area (Å²) in [5.74, 6) is 0. The van der Waals surface area contributed by atoms with E-state index in [4.69, 9.17) is 5.73 Å². The molecule has 0 amide bonds. The van der Waals surface area contributed by atoms with Crippen LogP contribution in [0, 0.1) is 0 Å². The zero-order valence-electron chi connectivity index (χ0n) is 9.82. The van der Waals surface area contributed by atoms with Crippen LogP contribution in [-0.2, 0) is 0 Å². The Bertz CT molecular complexity index is 400. The molecule has 0 aromatic carbocycles. The number of anilines is 2. The predicted molar refractivity (Wildman–Crippen MR) is 63.4 cm³/mol. The number of hydrogen-bond acceptors (Lipinski definition) is 4. The maximum absolute atomic E-state index is 12.2. The number of rotatable bonds is 2. The Morgan fingerprint density at radius 1 is 1.17 bits per heavy atom. The van der Waals surface area contributed by atoms with Gasteiger partial charge >= 0.3 is 6.18 Å². The number of piperazine rings is 1. The second kappa shape index (κ2) is 5.01. The molecule has 7 heteroatoms. The van der Waals surface area contributed by atoms with Crippen molar-refractivity contribution < 1.29 is 13.2 Å². The van der Waals surface area contributed by atoms with Crippen LogP contribution < -0.4 is 10.6 Å². The minimum Gasteiger partial charge on any atom is -0.397 e. The van der Waals surface area contributed by atoms with E-state index in [1.165, 1.54) is 4.90 Å². The second-order valence-electron chi connectivity index (χ2n) is 4.35. The van der Waals surface area contributed by atoms with Gasteiger partial charge in [-0.1, -0.05) is 0 Å². The summed E-state index contributed by atoms with van der Waals surface area (Å²) in [6.07, 6.45) is -0.903. The van der Waals surface area contributed by atoms with E-state index in [9.17, 15) is 13.2 Å². The molecular weight excluding hydrogens is 245 g/mol. The summed E-state index contributed by atoms with van der Waals surface area (Å²) in [5, 5.41) is 0. The highest BCUT2D eigenvalue weighted by atomic mass is 19.4. The average Bonchev–Trinajstić information content (AvgIpc) is 2.28. The second-order valence-corrected chi connectivity index (χ2v) is 4.35. The van der Waals surface area contributed by atoms with Crippen molar-refractivity contribution in [3.8, 4) is 0 Å². The van der Waals surface area contributed by atoms with E-state index in [1.54, 1.807) is 18.5 Å². The van der Waals surface area contributed by atoms with Gasteiger partial charge in [0.15, 0.2) is 0 Å². The molecule has 1 aromatic rings. The normalized spacial score (nSPS) is 18.1. The quantitative estimate of drug-likeness (QED) is 0.871. The van der Waals surface area contributed by atoms with E-state index in [2.05, 4.69) is 4.98 Å². The molecule has 0 unspecified atom stereocenters. The molecule has 2 rings (SSSR count). The number of aromatic nitrogens is 1. The van der Waals surface area contributed by atoms with Gasteiger partial charge < -0.3 is 10.6 Å². The molecule has 1 aromatic heterocycles. The van der Waals surface area contributed by atoms with Crippen LogP contribution in [-0.4, -0.2) is 48.8 Å². The van der Waals surface area contributed by atoms with Crippen molar-refractivity contribution in [1.82, 2.24) is 9.88 Å². The Balaban J connectivity index is 1.91.